The molecule has 1 aliphatic rings. The van der Waals surface area contributed by atoms with Gasteiger partial charge in [-0.05, 0) is 25.8 Å². The molecule has 94 valence electrons. The van der Waals surface area contributed by atoms with Gasteiger partial charge in [0, 0.05) is 18.2 Å². The topological polar surface area (TPSA) is 44.5 Å². The zero-order chi connectivity index (χ0) is 12.3. The minimum Gasteiger partial charge on any atom is -0.491 e. The van der Waals surface area contributed by atoms with E-state index in [-0.39, 0.29) is 18.5 Å². The van der Waals surface area contributed by atoms with Crippen LogP contribution in [0.2, 0.25) is 0 Å². The number of nitrogens with two attached hydrogens (primary N) is 1. The Bertz CT molecular complexity index is 384. The molecule has 4 heteroatoms. The molecule has 2 atom stereocenters. The molecular formula is C13H18FNO2. The fourth-order valence-corrected chi connectivity index (χ4v) is 1.98. The molecule has 1 saturated heterocycles. The molecule has 2 unspecified atom stereocenters. The molecule has 1 heterocycles. The lowest BCUT2D eigenvalue weighted by molar-refractivity contribution is 0.0264. The molecule has 1 aromatic rings. The molecule has 0 bridgehead atoms. The van der Waals surface area contributed by atoms with Crippen molar-refractivity contribution in [1.82, 2.24) is 0 Å². The van der Waals surface area contributed by atoms with E-state index in [4.69, 9.17) is 15.2 Å². The van der Waals surface area contributed by atoms with Gasteiger partial charge >= 0.3 is 0 Å². The molecule has 0 saturated carbocycles. The highest BCUT2D eigenvalue weighted by Crippen LogP contribution is 2.21. The van der Waals surface area contributed by atoms with Crippen molar-refractivity contribution in [2.24, 2.45) is 5.73 Å². The van der Waals surface area contributed by atoms with E-state index in [1.807, 2.05) is 0 Å². The van der Waals surface area contributed by atoms with Gasteiger partial charge in [0.05, 0.1) is 12.2 Å². The summed E-state index contributed by atoms with van der Waals surface area (Å²) in [5.41, 5.74) is 5.89. The molecule has 1 fully saturated rings. The van der Waals surface area contributed by atoms with E-state index in [0.29, 0.717) is 24.0 Å². The van der Waals surface area contributed by atoms with Crippen molar-refractivity contribution in [3.05, 3.63) is 29.6 Å². The monoisotopic (exact) mass is 239 g/mol. The Morgan fingerprint density at radius 1 is 1.47 bits per heavy atom. The Hall–Kier alpha value is -1.13. The quantitative estimate of drug-likeness (QED) is 0.876. The van der Waals surface area contributed by atoms with E-state index in [1.165, 1.54) is 6.07 Å². The fourth-order valence-electron chi connectivity index (χ4n) is 1.98. The van der Waals surface area contributed by atoms with Gasteiger partial charge in [-0.3, -0.25) is 0 Å². The first-order valence-electron chi connectivity index (χ1n) is 5.96. The minimum atomic E-state index is -0.314. The van der Waals surface area contributed by atoms with E-state index in [2.05, 4.69) is 6.92 Å². The lowest BCUT2D eigenvalue weighted by atomic mass is 10.2. The largest absolute Gasteiger partial charge is 0.491 e. The number of hydrogen-bond acceptors (Lipinski definition) is 3. The molecule has 0 spiro atoms. The van der Waals surface area contributed by atoms with Crippen LogP contribution in [0.3, 0.4) is 0 Å². The lowest BCUT2D eigenvalue weighted by Crippen LogP contribution is -2.18. The van der Waals surface area contributed by atoms with Crippen LogP contribution in [0.1, 0.15) is 25.3 Å². The Balaban J connectivity index is 1.88. The fraction of sp³-hybridized carbons (Fsp3) is 0.538. The van der Waals surface area contributed by atoms with Crippen LogP contribution in [0.4, 0.5) is 4.39 Å². The van der Waals surface area contributed by atoms with Gasteiger partial charge in [-0.1, -0.05) is 6.07 Å². The Labute approximate surface area is 101 Å². The van der Waals surface area contributed by atoms with Crippen LogP contribution >= 0.6 is 0 Å². The van der Waals surface area contributed by atoms with Gasteiger partial charge in [0.15, 0.2) is 0 Å². The standard InChI is InChI=1S/C13H18FNO2/c1-9-2-4-12(17-9)8-16-11-5-3-10(7-15)13(14)6-11/h3,5-6,9,12H,2,4,7-8,15H2,1H3. The van der Waals surface area contributed by atoms with Gasteiger partial charge in [0.2, 0.25) is 0 Å². The SMILES string of the molecule is CC1CCC(COc2ccc(CN)c(F)c2)O1. The number of hydrogen-bond donors (Lipinski definition) is 1. The Morgan fingerprint density at radius 3 is 2.88 bits per heavy atom. The molecule has 2 rings (SSSR count). The second-order valence-corrected chi connectivity index (χ2v) is 4.41. The highest BCUT2D eigenvalue weighted by atomic mass is 19.1. The van der Waals surface area contributed by atoms with Gasteiger partial charge in [-0.25, -0.2) is 4.39 Å². The van der Waals surface area contributed by atoms with Crippen LogP contribution in [0, 0.1) is 5.82 Å². The van der Waals surface area contributed by atoms with Gasteiger partial charge in [0.1, 0.15) is 18.2 Å². The van der Waals surface area contributed by atoms with Crippen molar-refractivity contribution in [2.75, 3.05) is 6.61 Å². The van der Waals surface area contributed by atoms with E-state index >= 15 is 0 Å². The molecule has 3 nitrogen and oxygen atoms in total. The maximum Gasteiger partial charge on any atom is 0.131 e. The second-order valence-electron chi connectivity index (χ2n) is 4.41. The zero-order valence-electron chi connectivity index (χ0n) is 9.99. The second kappa shape index (κ2) is 5.47. The van der Waals surface area contributed by atoms with Crippen molar-refractivity contribution in [3.63, 3.8) is 0 Å². The van der Waals surface area contributed by atoms with Gasteiger partial charge in [-0.15, -0.1) is 0 Å². The van der Waals surface area contributed by atoms with Gasteiger partial charge in [-0.2, -0.15) is 0 Å². The minimum absolute atomic E-state index is 0.127. The molecule has 2 N–H and O–H groups in total. The van der Waals surface area contributed by atoms with Crippen LogP contribution in [0.15, 0.2) is 18.2 Å². The molecule has 0 radical (unpaired) electrons. The first kappa shape index (κ1) is 12.3. The third-order valence-electron chi connectivity index (χ3n) is 3.00. The predicted octanol–water partition coefficient (Wildman–Crippen LogP) is 2.23. The van der Waals surface area contributed by atoms with Crippen molar-refractivity contribution in [3.8, 4) is 5.75 Å². The van der Waals surface area contributed by atoms with E-state index in [1.54, 1.807) is 12.1 Å². The predicted molar refractivity (Wildman–Crippen MR) is 63.4 cm³/mol. The molecule has 1 aliphatic heterocycles. The molecule has 0 aromatic heterocycles. The third-order valence-corrected chi connectivity index (χ3v) is 3.00. The summed E-state index contributed by atoms with van der Waals surface area (Å²) in [5, 5.41) is 0. The normalized spacial score (nSPS) is 23.9. The third kappa shape index (κ3) is 3.17. The first-order valence-corrected chi connectivity index (χ1v) is 5.96. The van der Waals surface area contributed by atoms with Crippen LogP contribution in [0.5, 0.6) is 5.75 Å². The summed E-state index contributed by atoms with van der Waals surface area (Å²) in [4.78, 5) is 0. The van der Waals surface area contributed by atoms with Gasteiger partial charge < -0.3 is 15.2 Å². The zero-order valence-corrected chi connectivity index (χ0v) is 9.99. The van der Waals surface area contributed by atoms with E-state index in [0.717, 1.165) is 12.8 Å². The molecular weight excluding hydrogens is 221 g/mol. The summed E-state index contributed by atoms with van der Waals surface area (Å²) in [7, 11) is 0. The number of rotatable bonds is 4. The molecule has 17 heavy (non-hydrogen) atoms. The summed E-state index contributed by atoms with van der Waals surface area (Å²) >= 11 is 0. The van der Waals surface area contributed by atoms with Crippen LogP contribution in [-0.2, 0) is 11.3 Å². The summed E-state index contributed by atoms with van der Waals surface area (Å²) in [6.07, 6.45) is 2.50. The van der Waals surface area contributed by atoms with Crippen molar-refractivity contribution >= 4 is 0 Å². The van der Waals surface area contributed by atoms with Crippen molar-refractivity contribution in [2.45, 2.75) is 38.5 Å². The maximum atomic E-state index is 13.4. The Morgan fingerprint density at radius 2 is 2.29 bits per heavy atom. The molecule has 0 amide bonds. The van der Waals surface area contributed by atoms with E-state index in [9.17, 15) is 4.39 Å². The van der Waals surface area contributed by atoms with Crippen molar-refractivity contribution in [1.29, 1.82) is 0 Å². The summed E-state index contributed by atoms with van der Waals surface area (Å²) in [6.45, 7) is 2.73. The first-order chi connectivity index (χ1) is 8.19. The van der Waals surface area contributed by atoms with Crippen LogP contribution < -0.4 is 10.5 Å². The molecule has 0 aliphatic carbocycles. The summed E-state index contributed by atoms with van der Waals surface area (Å²) < 4.78 is 24.6. The number of ether oxygens (including phenoxy) is 2. The number of benzene rings is 1. The molecule has 1 aromatic carbocycles. The average Bonchev–Trinajstić information content (AvgIpc) is 2.73. The summed E-state index contributed by atoms with van der Waals surface area (Å²) in [6, 6.07) is 4.77. The average molecular weight is 239 g/mol. The Kier molecular flexibility index (Phi) is 3.97. The van der Waals surface area contributed by atoms with Crippen molar-refractivity contribution < 1.29 is 13.9 Å². The van der Waals surface area contributed by atoms with Gasteiger partial charge in [0.25, 0.3) is 0 Å². The van der Waals surface area contributed by atoms with Crippen LogP contribution in [0.25, 0.3) is 0 Å². The van der Waals surface area contributed by atoms with Crippen LogP contribution in [-0.4, -0.2) is 18.8 Å². The van der Waals surface area contributed by atoms with E-state index < -0.39 is 0 Å². The smallest absolute Gasteiger partial charge is 0.131 e. The lowest BCUT2D eigenvalue weighted by Gasteiger charge is -2.13. The maximum absolute atomic E-state index is 13.4. The number of halogens is 1. The highest BCUT2D eigenvalue weighted by Gasteiger charge is 2.22. The highest BCUT2D eigenvalue weighted by molar-refractivity contribution is 5.28. The summed E-state index contributed by atoms with van der Waals surface area (Å²) in [5.74, 6) is 0.216.